The molecule has 0 aromatic heterocycles. The highest BCUT2D eigenvalue weighted by molar-refractivity contribution is 5.74. The second kappa shape index (κ2) is 8.76. The first kappa shape index (κ1) is 18.3. The van der Waals surface area contributed by atoms with E-state index < -0.39 is 6.04 Å². The fraction of sp³-hybridized carbons (Fsp3) is 0.0909. The molecule has 0 spiro atoms. The molecular formula is C22H18FNO3. The molecule has 1 atom stereocenters. The van der Waals surface area contributed by atoms with Crippen molar-refractivity contribution in [1.82, 2.24) is 5.12 Å². The summed E-state index contributed by atoms with van der Waals surface area (Å²) in [5.41, 5.74) is 2.77. The van der Waals surface area contributed by atoms with Crippen molar-refractivity contribution in [3.8, 4) is 5.75 Å². The van der Waals surface area contributed by atoms with Crippen LogP contribution in [0.25, 0.3) is 0 Å². The van der Waals surface area contributed by atoms with E-state index in [4.69, 9.17) is 4.74 Å². The van der Waals surface area contributed by atoms with E-state index >= 15 is 0 Å². The standard InChI is InChI=1S/C22H18FNO3/c23-24(16-26)22(19-5-2-1-3-6-19)20-7-4-8-21(13-20)27-15-18-11-9-17(14-25)10-12-18/h1-14,16,22H,15H2. The van der Waals surface area contributed by atoms with E-state index in [1.54, 1.807) is 60.7 Å². The number of ether oxygens (including phenoxy) is 1. The molecule has 5 heteroatoms. The average molecular weight is 363 g/mol. The highest BCUT2D eigenvalue weighted by atomic mass is 19.2. The Balaban J connectivity index is 1.80. The van der Waals surface area contributed by atoms with Gasteiger partial charge in [0.25, 0.3) is 0 Å². The Hall–Kier alpha value is -3.47. The molecule has 0 saturated heterocycles. The van der Waals surface area contributed by atoms with Gasteiger partial charge in [-0.25, -0.2) is 0 Å². The summed E-state index contributed by atoms with van der Waals surface area (Å²) in [5.74, 6) is 0.562. The third-order valence-electron chi connectivity index (χ3n) is 4.16. The van der Waals surface area contributed by atoms with Crippen LogP contribution in [0.1, 0.15) is 33.1 Å². The van der Waals surface area contributed by atoms with Crippen LogP contribution in [0.4, 0.5) is 4.48 Å². The normalized spacial score (nSPS) is 11.4. The third-order valence-corrected chi connectivity index (χ3v) is 4.16. The van der Waals surface area contributed by atoms with Gasteiger partial charge in [-0.15, -0.1) is 0 Å². The van der Waals surface area contributed by atoms with Crippen LogP contribution in [0.15, 0.2) is 78.9 Å². The molecule has 4 nitrogen and oxygen atoms in total. The van der Waals surface area contributed by atoms with E-state index in [-0.39, 0.29) is 11.5 Å². The molecule has 1 amide bonds. The van der Waals surface area contributed by atoms with Gasteiger partial charge in [-0.05, 0) is 28.8 Å². The number of aldehydes is 1. The second-order valence-electron chi connectivity index (χ2n) is 5.98. The minimum absolute atomic E-state index is 0.145. The average Bonchev–Trinajstić information content (AvgIpc) is 2.74. The lowest BCUT2D eigenvalue weighted by Gasteiger charge is -2.21. The number of amides is 1. The van der Waals surface area contributed by atoms with Crippen molar-refractivity contribution in [2.75, 3.05) is 0 Å². The van der Waals surface area contributed by atoms with Crippen molar-refractivity contribution in [3.63, 3.8) is 0 Å². The summed E-state index contributed by atoms with van der Waals surface area (Å²) >= 11 is 0. The smallest absolute Gasteiger partial charge is 0.238 e. The van der Waals surface area contributed by atoms with Crippen molar-refractivity contribution in [2.45, 2.75) is 12.6 Å². The number of nitrogens with zero attached hydrogens (tertiary/aromatic N) is 1. The first-order chi connectivity index (χ1) is 13.2. The summed E-state index contributed by atoms with van der Waals surface area (Å²) in [5, 5.41) is 0.145. The summed E-state index contributed by atoms with van der Waals surface area (Å²) in [7, 11) is 0. The fourth-order valence-electron chi connectivity index (χ4n) is 2.81. The summed E-state index contributed by atoms with van der Waals surface area (Å²) < 4.78 is 20.0. The molecule has 0 bridgehead atoms. The van der Waals surface area contributed by atoms with E-state index in [9.17, 15) is 14.1 Å². The van der Waals surface area contributed by atoms with Gasteiger partial charge < -0.3 is 4.74 Å². The molecule has 3 aromatic carbocycles. The number of rotatable bonds is 8. The maximum Gasteiger partial charge on any atom is 0.238 e. The Kier molecular flexibility index (Phi) is 5.94. The van der Waals surface area contributed by atoms with Crippen LogP contribution < -0.4 is 4.74 Å². The zero-order valence-electron chi connectivity index (χ0n) is 14.5. The van der Waals surface area contributed by atoms with Gasteiger partial charge in [0.05, 0.1) is 0 Å². The van der Waals surface area contributed by atoms with E-state index in [0.717, 1.165) is 11.8 Å². The van der Waals surface area contributed by atoms with Crippen molar-refractivity contribution < 1.29 is 18.8 Å². The first-order valence-electron chi connectivity index (χ1n) is 8.42. The van der Waals surface area contributed by atoms with Crippen molar-refractivity contribution in [3.05, 3.63) is 101 Å². The van der Waals surface area contributed by atoms with Crippen LogP contribution in [0.2, 0.25) is 0 Å². The lowest BCUT2D eigenvalue weighted by molar-refractivity contribution is -0.135. The van der Waals surface area contributed by atoms with Crippen molar-refractivity contribution in [2.24, 2.45) is 0 Å². The van der Waals surface area contributed by atoms with E-state index in [1.807, 2.05) is 18.2 Å². The maximum atomic E-state index is 14.2. The molecule has 1 unspecified atom stereocenters. The second-order valence-corrected chi connectivity index (χ2v) is 5.98. The molecule has 27 heavy (non-hydrogen) atoms. The molecule has 0 aliphatic heterocycles. The van der Waals surface area contributed by atoms with Gasteiger partial charge in [0.2, 0.25) is 6.41 Å². The molecule has 0 fully saturated rings. The first-order valence-corrected chi connectivity index (χ1v) is 8.42. The van der Waals surface area contributed by atoms with Gasteiger partial charge in [0.1, 0.15) is 24.7 Å². The summed E-state index contributed by atoms with van der Waals surface area (Å²) in [4.78, 5) is 21.7. The quantitative estimate of drug-likeness (QED) is 0.437. The number of halogens is 1. The Bertz CT molecular complexity index is 897. The topological polar surface area (TPSA) is 46.6 Å². The van der Waals surface area contributed by atoms with Crippen LogP contribution in [0.3, 0.4) is 0 Å². The molecule has 0 aliphatic rings. The Morgan fingerprint density at radius 2 is 1.59 bits per heavy atom. The van der Waals surface area contributed by atoms with Crippen LogP contribution in [-0.2, 0) is 11.4 Å². The van der Waals surface area contributed by atoms with Crippen LogP contribution in [0.5, 0.6) is 5.75 Å². The van der Waals surface area contributed by atoms with Crippen LogP contribution >= 0.6 is 0 Å². The number of carbonyl (C=O) groups excluding carboxylic acids is 2. The highest BCUT2D eigenvalue weighted by Crippen LogP contribution is 2.30. The number of hydrogen-bond donors (Lipinski definition) is 0. The summed E-state index contributed by atoms with van der Waals surface area (Å²) in [6.45, 7) is 0.311. The lowest BCUT2D eigenvalue weighted by Crippen LogP contribution is -2.20. The molecule has 3 aromatic rings. The van der Waals surface area contributed by atoms with E-state index in [2.05, 4.69) is 0 Å². The van der Waals surface area contributed by atoms with Gasteiger partial charge in [0.15, 0.2) is 0 Å². The number of hydrogen-bond acceptors (Lipinski definition) is 3. The molecule has 0 N–H and O–H groups in total. The van der Waals surface area contributed by atoms with Gasteiger partial charge in [0, 0.05) is 5.56 Å². The molecule has 0 radical (unpaired) electrons. The van der Waals surface area contributed by atoms with Gasteiger partial charge in [-0.1, -0.05) is 71.2 Å². The Labute approximate surface area is 156 Å². The molecule has 0 saturated carbocycles. The molecular weight excluding hydrogens is 345 g/mol. The Morgan fingerprint density at radius 1 is 0.889 bits per heavy atom. The molecule has 136 valence electrons. The minimum Gasteiger partial charge on any atom is -0.489 e. The number of carbonyl (C=O) groups is 2. The largest absolute Gasteiger partial charge is 0.489 e. The molecule has 0 heterocycles. The minimum atomic E-state index is -0.848. The van der Waals surface area contributed by atoms with E-state index in [1.165, 1.54) is 0 Å². The van der Waals surface area contributed by atoms with Crippen LogP contribution in [0, 0.1) is 0 Å². The molecule has 0 aliphatic carbocycles. The molecule has 3 rings (SSSR count). The van der Waals surface area contributed by atoms with Crippen molar-refractivity contribution >= 4 is 12.7 Å². The summed E-state index contributed by atoms with van der Waals surface area (Å²) in [6.07, 6.45) is 0.952. The van der Waals surface area contributed by atoms with Crippen LogP contribution in [-0.4, -0.2) is 17.8 Å². The van der Waals surface area contributed by atoms with Gasteiger partial charge >= 0.3 is 0 Å². The Morgan fingerprint density at radius 3 is 2.26 bits per heavy atom. The number of benzene rings is 3. The lowest BCUT2D eigenvalue weighted by atomic mass is 9.98. The van der Waals surface area contributed by atoms with Gasteiger partial charge in [-0.2, -0.15) is 5.12 Å². The van der Waals surface area contributed by atoms with Crippen molar-refractivity contribution in [1.29, 1.82) is 0 Å². The zero-order chi connectivity index (χ0) is 19.1. The zero-order valence-corrected chi connectivity index (χ0v) is 14.5. The highest BCUT2D eigenvalue weighted by Gasteiger charge is 2.21. The maximum absolute atomic E-state index is 14.2. The van der Waals surface area contributed by atoms with E-state index in [0.29, 0.717) is 29.0 Å². The predicted octanol–water partition coefficient (Wildman–Crippen LogP) is 4.51. The summed E-state index contributed by atoms with van der Waals surface area (Å²) in [6, 6.07) is 22.2. The fourth-order valence-corrected chi connectivity index (χ4v) is 2.81. The van der Waals surface area contributed by atoms with Gasteiger partial charge in [-0.3, -0.25) is 9.59 Å². The monoisotopic (exact) mass is 363 g/mol. The SMILES string of the molecule is O=Cc1ccc(COc2cccc(C(c3ccccc3)N(F)C=O)c2)cc1. The predicted molar refractivity (Wildman–Crippen MR) is 99.9 cm³/mol. The third kappa shape index (κ3) is 4.58.